The molecule has 0 radical (unpaired) electrons. The second kappa shape index (κ2) is 6.53. The highest BCUT2D eigenvalue weighted by molar-refractivity contribution is 9.10. The van der Waals surface area contributed by atoms with Gasteiger partial charge in [-0.25, -0.2) is 4.39 Å². The van der Waals surface area contributed by atoms with Gasteiger partial charge in [0.25, 0.3) is 0 Å². The van der Waals surface area contributed by atoms with Crippen LogP contribution in [-0.2, 0) is 0 Å². The molecule has 0 unspecified atom stereocenters. The molecule has 1 N–H and O–H groups in total. The molecule has 3 nitrogen and oxygen atoms in total. The number of nitriles is 1. The molecule has 1 aliphatic heterocycles. The highest BCUT2D eigenvalue weighted by atomic mass is 79.9. The number of hydrogen-bond acceptors (Lipinski definition) is 3. The van der Waals surface area contributed by atoms with Gasteiger partial charge in [-0.3, -0.25) is 0 Å². The van der Waals surface area contributed by atoms with Crippen LogP contribution in [0.4, 0.5) is 10.1 Å². The number of rotatable bonds is 3. The Kier molecular flexibility index (Phi) is 4.22. The van der Waals surface area contributed by atoms with Crippen LogP contribution in [0.1, 0.15) is 29.5 Å². The number of nitrogens with one attached hydrogen (secondary N) is 1. The summed E-state index contributed by atoms with van der Waals surface area (Å²) in [5, 5.41) is 12.0. The number of anilines is 1. The lowest BCUT2D eigenvalue weighted by molar-refractivity contribution is 0.367. The van der Waals surface area contributed by atoms with Gasteiger partial charge < -0.3 is 10.1 Å². The minimum absolute atomic E-state index is 0.0309. The maximum absolute atomic E-state index is 14.5. The summed E-state index contributed by atoms with van der Waals surface area (Å²) in [7, 11) is 0. The van der Waals surface area contributed by atoms with Crippen LogP contribution in [-0.4, -0.2) is 6.61 Å². The van der Waals surface area contributed by atoms with E-state index in [1.54, 1.807) is 0 Å². The zero-order chi connectivity index (χ0) is 17.4. The fourth-order valence-corrected chi connectivity index (χ4v) is 4.29. The highest BCUT2D eigenvalue weighted by Gasteiger charge is 2.39. The zero-order valence-corrected chi connectivity index (χ0v) is 15.0. The van der Waals surface area contributed by atoms with Crippen LogP contribution in [0.3, 0.4) is 0 Å². The van der Waals surface area contributed by atoms with Crippen molar-refractivity contribution in [3.05, 3.63) is 70.0 Å². The average molecular weight is 399 g/mol. The first-order valence-corrected chi connectivity index (χ1v) is 8.98. The smallest absolute Gasteiger partial charge is 0.174 e. The van der Waals surface area contributed by atoms with Crippen LogP contribution in [0.2, 0.25) is 0 Å². The van der Waals surface area contributed by atoms with Crippen LogP contribution in [0.25, 0.3) is 0 Å². The average Bonchev–Trinajstić information content (AvgIpc) is 3.10. The van der Waals surface area contributed by atoms with Gasteiger partial charge in [0, 0.05) is 10.4 Å². The second-order valence-corrected chi connectivity index (χ2v) is 7.26. The molecule has 2 aliphatic rings. The molecule has 25 heavy (non-hydrogen) atoms. The minimum atomic E-state index is -0.234. The lowest BCUT2D eigenvalue weighted by Gasteiger charge is -2.37. The van der Waals surface area contributed by atoms with E-state index in [9.17, 15) is 4.39 Å². The van der Waals surface area contributed by atoms with E-state index in [1.807, 2.05) is 36.4 Å². The van der Waals surface area contributed by atoms with Crippen molar-refractivity contribution in [1.82, 2.24) is 0 Å². The number of nitrogens with zero attached hydrogens (tertiary/aromatic N) is 1. The maximum Gasteiger partial charge on any atom is 0.174 e. The summed E-state index contributed by atoms with van der Waals surface area (Å²) in [5.41, 5.74) is 2.69. The largest absolute Gasteiger partial charge is 0.479 e. The van der Waals surface area contributed by atoms with Crippen molar-refractivity contribution in [2.75, 3.05) is 11.9 Å². The number of halogens is 2. The first kappa shape index (κ1) is 16.2. The lowest BCUT2D eigenvalue weighted by atomic mass is 9.77. The first-order valence-electron chi connectivity index (χ1n) is 8.19. The molecule has 1 aliphatic carbocycles. The van der Waals surface area contributed by atoms with Gasteiger partial charge in [0.1, 0.15) is 17.6 Å². The van der Waals surface area contributed by atoms with E-state index in [2.05, 4.69) is 33.4 Å². The van der Waals surface area contributed by atoms with Crippen LogP contribution >= 0.6 is 15.9 Å². The van der Waals surface area contributed by atoms with Gasteiger partial charge in [0.2, 0.25) is 0 Å². The normalized spacial score (nSPS) is 23.3. The van der Waals surface area contributed by atoms with E-state index in [-0.39, 0.29) is 24.4 Å². The topological polar surface area (TPSA) is 45.0 Å². The Bertz CT molecular complexity index is 873. The van der Waals surface area contributed by atoms with Crippen molar-refractivity contribution < 1.29 is 9.13 Å². The van der Waals surface area contributed by atoms with Crippen molar-refractivity contribution in [3.8, 4) is 11.8 Å². The molecule has 126 valence electrons. The van der Waals surface area contributed by atoms with Crippen molar-refractivity contribution in [1.29, 1.82) is 5.26 Å². The molecule has 0 saturated heterocycles. The Balaban J connectivity index is 1.68. The molecule has 2 aromatic carbocycles. The van der Waals surface area contributed by atoms with Gasteiger partial charge in [0.05, 0.1) is 11.7 Å². The standard InChI is InChI=1S/C20H16BrFN2O/c21-13-10-17-15-2-1-3-16(15)19(24-20(17)18(22)11-13)12-4-6-14(7-5-12)25-9-8-23/h1-2,4-7,10-11,15-16,19,24H,3,9H2/t15-,16-,19-/m1/s1. The Morgan fingerprint density at radius 2 is 2.08 bits per heavy atom. The number of allylic oxidation sites excluding steroid dienone is 2. The maximum atomic E-state index is 14.5. The third kappa shape index (κ3) is 2.91. The summed E-state index contributed by atoms with van der Waals surface area (Å²) < 4.78 is 20.6. The number of benzene rings is 2. The van der Waals surface area contributed by atoms with Crippen LogP contribution < -0.4 is 10.1 Å². The Hall–Kier alpha value is -2.32. The van der Waals surface area contributed by atoms with E-state index >= 15 is 0 Å². The predicted molar refractivity (Wildman–Crippen MR) is 98.0 cm³/mol. The van der Waals surface area contributed by atoms with Crippen molar-refractivity contribution in [2.45, 2.75) is 18.4 Å². The molecule has 2 aromatic rings. The molecule has 0 amide bonds. The fraction of sp³-hybridized carbons (Fsp3) is 0.250. The summed E-state index contributed by atoms with van der Waals surface area (Å²) in [6.07, 6.45) is 5.33. The quantitative estimate of drug-likeness (QED) is 0.711. The second-order valence-electron chi connectivity index (χ2n) is 6.34. The molecule has 0 spiro atoms. The highest BCUT2D eigenvalue weighted by Crippen LogP contribution is 2.51. The monoisotopic (exact) mass is 398 g/mol. The SMILES string of the molecule is N#CCOc1ccc([C@H]2Nc3c(F)cc(Br)cc3[C@@H]3C=CC[C@@H]23)cc1. The van der Waals surface area contributed by atoms with Gasteiger partial charge in [-0.15, -0.1) is 0 Å². The number of ether oxygens (including phenoxy) is 1. The van der Waals surface area contributed by atoms with Gasteiger partial charge in [-0.1, -0.05) is 40.2 Å². The summed E-state index contributed by atoms with van der Waals surface area (Å²) in [4.78, 5) is 0. The van der Waals surface area contributed by atoms with Crippen molar-refractivity contribution >= 4 is 21.6 Å². The van der Waals surface area contributed by atoms with E-state index in [0.717, 1.165) is 22.0 Å². The summed E-state index contributed by atoms with van der Waals surface area (Å²) in [6, 6.07) is 13.2. The Labute approximate surface area is 154 Å². The lowest BCUT2D eigenvalue weighted by Crippen LogP contribution is -2.29. The molecular formula is C20H16BrFN2O. The predicted octanol–water partition coefficient (Wildman–Crippen LogP) is 5.32. The van der Waals surface area contributed by atoms with Crippen LogP contribution in [0.15, 0.2) is 53.0 Å². The summed E-state index contributed by atoms with van der Waals surface area (Å²) >= 11 is 3.40. The first-order chi connectivity index (χ1) is 12.2. The minimum Gasteiger partial charge on any atom is -0.479 e. The molecule has 0 saturated carbocycles. The fourth-order valence-electron chi connectivity index (χ4n) is 3.84. The molecule has 3 atom stereocenters. The third-order valence-electron chi connectivity index (χ3n) is 4.93. The molecule has 0 aromatic heterocycles. The van der Waals surface area contributed by atoms with Gasteiger partial charge >= 0.3 is 0 Å². The number of hydrogen-bond donors (Lipinski definition) is 1. The Morgan fingerprint density at radius 3 is 2.84 bits per heavy atom. The van der Waals surface area contributed by atoms with Gasteiger partial charge in [-0.2, -0.15) is 5.26 Å². The molecule has 0 bridgehead atoms. The van der Waals surface area contributed by atoms with E-state index in [0.29, 0.717) is 17.4 Å². The van der Waals surface area contributed by atoms with Crippen LogP contribution in [0.5, 0.6) is 5.75 Å². The van der Waals surface area contributed by atoms with Crippen molar-refractivity contribution in [3.63, 3.8) is 0 Å². The van der Waals surface area contributed by atoms with E-state index in [4.69, 9.17) is 10.00 Å². The number of fused-ring (bicyclic) bond motifs is 3. The third-order valence-corrected chi connectivity index (χ3v) is 5.39. The van der Waals surface area contributed by atoms with Gasteiger partial charge in [0.15, 0.2) is 6.61 Å². The molecular weight excluding hydrogens is 383 g/mol. The Morgan fingerprint density at radius 1 is 1.28 bits per heavy atom. The zero-order valence-electron chi connectivity index (χ0n) is 13.4. The summed E-state index contributed by atoms with van der Waals surface area (Å²) in [6.45, 7) is 0.0309. The molecule has 1 heterocycles. The van der Waals surface area contributed by atoms with E-state index < -0.39 is 0 Å². The van der Waals surface area contributed by atoms with Gasteiger partial charge in [-0.05, 0) is 47.7 Å². The molecule has 0 fully saturated rings. The molecule has 4 rings (SSSR count). The van der Waals surface area contributed by atoms with E-state index in [1.165, 1.54) is 6.07 Å². The summed E-state index contributed by atoms with van der Waals surface area (Å²) in [5.74, 6) is 0.995. The van der Waals surface area contributed by atoms with Crippen molar-refractivity contribution in [2.24, 2.45) is 5.92 Å². The van der Waals surface area contributed by atoms with Crippen LogP contribution in [0, 0.1) is 23.1 Å². The molecule has 5 heteroatoms.